The Bertz CT molecular complexity index is 943. The van der Waals surface area contributed by atoms with Gasteiger partial charge in [0.25, 0.3) is 0 Å². The number of aromatic nitrogens is 3. The van der Waals surface area contributed by atoms with Crippen LogP contribution in [0.5, 0.6) is 11.6 Å². The molecule has 0 spiro atoms. The van der Waals surface area contributed by atoms with E-state index in [-0.39, 0.29) is 5.75 Å². The van der Waals surface area contributed by atoms with Gasteiger partial charge in [0.1, 0.15) is 5.82 Å². The van der Waals surface area contributed by atoms with Gasteiger partial charge in [-0.05, 0) is 37.1 Å². The Morgan fingerprint density at radius 2 is 1.93 bits per heavy atom. The Hall–Kier alpha value is -2.67. The molecule has 1 aliphatic rings. The number of halogens is 1. The highest BCUT2D eigenvalue weighted by molar-refractivity contribution is 7.98. The van der Waals surface area contributed by atoms with Crippen molar-refractivity contribution < 1.29 is 9.13 Å². The number of anilines is 1. The topological polar surface area (TPSA) is 73.9 Å². The molecule has 1 fully saturated rings. The van der Waals surface area contributed by atoms with Crippen LogP contribution in [0.1, 0.15) is 30.7 Å². The molecule has 5 nitrogen and oxygen atoms in total. The summed E-state index contributed by atoms with van der Waals surface area (Å²) in [5, 5.41) is 0. The number of nitrogen functional groups attached to an aromatic ring is 1. The molecule has 0 amide bonds. The van der Waals surface area contributed by atoms with E-state index in [1.54, 1.807) is 30.1 Å². The number of rotatable bonds is 5. The van der Waals surface area contributed by atoms with Gasteiger partial charge in [-0.2, -0.15) is 0 Å². The summed E-state index contributed by atoms with van der Waals surface area (Å²) in [4.78, 5) is 13.5. The fourth-order valence-corrected chi connectivity index (χ4v) is 3.41. The van der Waals surface area contributed by atoms with Gasteiger partial charge in [-0.3, -0.25) is 4.98 Å². The first-order chi connectivity index (χ1) is 13.2. The largest absolute Gasteiger partial charge is 0.436 e. The Kier molecular flexibility index (Phi) is 4.94. The van der Waals surface area contributed by atoms with E-state index in [0.717, 1.165) is 29.7 Å². The van der Waals surface area contributed by atoms with Gasteiger partial charge in [0.2, 0.25) is 5.88 Å². The van der Waals surface area contributed by atoms with Crippen LogP contribution in [0.15, 0.2) is 47.8 Å². The van der Waals surface area contributed by atoms with Crippen LogP contribution < -0.4 is 10.5 Å². The number of ether oxygens (including phenoxy) is 1. The minimum Gasteiger partial charge on any atom is -0.436 e. The van der Waals surface area contributed by atoms with Gasteiger partial charge in [-0.25, -0.2) is 14.4 Å². The number of hydrogen-bond donors (Lipinski definition) is 1. The minimum absolute atomic E-state index is 0.222. The lowest BCUT2D eigenvalue weighted by Crippen LogP contribution is -2.11. The lowest BCUT2D eigenvalue weighted by atomic mass is 9.79. The molecule has 2 heterocycles. The second-order valence-corrected chi connectivity index (χ2v) is 7.32. The van der Waals surface area contributed by atoms with E-state index in [0.29, 0.717) is 28.9 Å². The second-order valence-electron chi connectivity index (χ2n) is 6.44. The average molecular weight is 382 g/mol. The Labute approximate surface area is 161 Å². The van der Waals surface area contributed by atoms with Gasteiger partial charge in [0, 0.05) is 28.3 Å². The lowest BCUT2D eigenvalue weighted by molar-refractivity contribution is 0.378. The molecular weight excluding hydrogens is 363 g/mol. The van der Waals surface area contributed by atoms with Crippen molar-refractivity contribution in [3.05, 3.63) is 54.2 Å². The third-order valence-corrected chi connectivity index (χ3v) is 5.48. The number of hydrogen-bond acceptors (Lipinski definition) is 6. The molecular formula is C20H19FN4OS. The van der Waals surface area contributed by atoms with Gasteiger partial charge < -0.3 is 10.5 Å². The van der Waals surface area contributed by atoms with Crippen molar-refractivity contribution in [2.75, 3.05) is 12.0 Å². The van der Waals surface area contributed by atoms with E-state index < -0.39 is 5.82 Å². The molecule has 1 aliphatic carbocycles. The van der Waals surface area contributed by atoms with E-state index >= 15 is 4.39 Å². The molecule has 2 N–H and O–H groups in total. The third-order valence-electron chi connectivity index (χ3n) is 4.77. The second kappa shape index (κ2) is 7.52. The van der Waals surface area contributed by atoms with Crippen molar-refractivity contribution >= 4 is 17.6 Å². The maximum absolute atomic E-state index is 15.4. The van der Waals surface area contributed by atoms with E-state index in [1.807, 2.05) is 18.4 Å². The molecule has 0 radical (unpaired) electrons. The summed E-state index contributed by atoms with van der Waals surface area (Å²) < 4.78 is 21.3. The summed E-state index contributed by atoms with van der Waals surface area (Å²) in [6.45, 7) is 0. The van der Waals surface area contributed by atoms with Crippen LogP contribution >= 0.6 is 11.8 Å². The molecule has 1 saturated carbocycles. The van der Waals surface area contributed by atoms with Gasteiger partial charge in [0.05, 0.1) is 18.1 Å². The monoisotopic (exact) mass is 382 g/mol. The summed E-state index contributed by atoms with van der Waals surface area (Å²) in [7, 11) is 0. The van der Waals surface area contributed by atoms with Crippen molar-refractivity contribution in [1.82, 2.24) is 15.0 Å². The van der Waals surface area contributed by atoms with Crippen LogP contribution in [-0.2, 0) is 0 Å². The third kappa shape index (κ3) is 3.60. The molecule has 0 atom stereocenters. The number of benzene rings is 1. The minimum atomic E-state index is -0.450. The van der Waals surface area contributed by atoms with Gasteiger partial charge in [-0.15, -0.1) is 11.8 Å². The van der Waals surface area contributed by atoms with Crippen molar-refractivity contribution in [3.63, 3.8) is 0 Å². The summed E-state index contributed by atoms with van der Waals surface area (Å²) in [6, 6.07) is 7.32. The van der Waals surface area contributed by atoms with Crippen LogP contribution in [0.2, 0.25) is 0 Å². The van der Waals surface area contributed by atoms with Crippen LogP contribution in [0.4, 0.5) is 10.2 Å². The molecule has 7 heteroatoms. The fourth-order valence-electron chi connectivity index (χ4n) is 3.04. The Morgan fingerprint density at radius 3 is 2.52 bits per heavy atom. The van der Waals surface area contributed by atoms with Gasteiger partial charge in [-0.1, -0.05) is 12.5 Å². The number of nitrogens with two attached hydrogens (primary N) is 1. The summed E-state index contributed by atoms with van der Waals surface area (Å²) in [5.74, 6) is 0.744. The van der Waals surface area contributed by atoms with Crippen LogP contribution in [0.25, 0.3) is 11.3 Å². The van der Waals surface area contributed by atoms with Crippen molar-refractivity contribution in [3.8, 4) is 22.9 Å². The first-order valence-corrected chi connectivity index (χ1v) is 9.96. The number of nitrogens with zero attached hydrogens (tertiary/aromatic N) is 3. The molecule has 27 heavy (non-hydrogen) atoms. The van der Waals surface area contributed by atoms with Gasteiger partial charge in [0.15, 0.2) is 11.6 Å². The summed E-state index contributed by atoms with van der Waals surface area (Å²) in [5.41, 5.74) is 7.21. The smallest absolute Gasteiger partial charge is 0.219 e. The highest BCUT2D eigenvalue weighted by atomic mass is 32.2. The molecule has 3 aromatic rings. The zero-order chi connectivity index (χ0) is 18.8. The maximum atomic E-state index is 15.4. The van der Waals surface area contributed by atoms with Crippen molar-refractivity contribution in [2.24, 2.45) is 0 Å². The normalized spacial score (nSPS) is 14.0. The molecule has 2 aromatic heterocycles. The van der Waals surface area contributed by atoms with E-state index in [4.69, 9.17) is 10.5 Å². The highest BCUT2D eigenvalue weighted by Gasteiger charge is 2.27. The Morgan fingerprint density at radius 1 is 1.07 bits per heavy atom. The van der Waals surface area contributed by atoms with Crippen molar-refractivity contribution in [2.45, 2.75) is 30.1 Å². The number of pyridine rings is 1. The van der Waals surface area contributed by atoms with Crippen LogP contribution in [-0.4, -0.2) is 21.2 Å². The van der Waals surface area contributed by atoms with Crippen LogP contribution in [0.3, 0.4) is 0 Å². The lowest BCUT2D eigenvalue weighted by Gasteiger charge is -2.28. The molecule has 4 rings (SSSR count). The quantitative estimate of drug-likeness (QED) is 0.623. The highest BCUT2D eigenvalue weighted by Crippen LogP contribution is 2.44. The molecule has 0 unspecified atom stereocenters. The zero-order valence-corrected chi connectivity index (χ0v) is 15.7. The van der Waals surface area contributed by atoms with Crippen LogP contribution in [0, 0.1) is 5.82 Å². The zero-order valence-electron chi connectivity index (χ0n) is 14.9. The van der Waals surface area contributed by atoms with E-state index in [1.165, 1.54) is 12.4 Å². The fraction of sp³-hybridized carbons (Fsp3) is 0.250. The predicted molar refractivity (Wildman–Crippen MR) is 105 cm³/mol. The van der Waals surface area contributed by atoms with E-state index in [2.05, 4.69) is 15.0 Å². The van der Waals surface area contributed by atoms with Crippen molar-refractivity contribution in [1.29, 1.82) is 0 Å². The van der Waals surface area contributed by atoms with E-state index in [9.17, 15) is 0 Å². The van der Waals surface area contributed by atoms with Gasteiger partial charge >= 0.3 is 0 Å². The molecule has 138 valence electrons. The summed E-state index contributed by atoms with van der Waals surface area (Å²) >= 11 is 1.59. The number of thioether (sulfide) groups is 1. The molecule has 0 bridgehead atoms. The SMILES string of the molecule is CSc1ccc(Oc2c(C3CCC3)ccc(-c3cnc(N)cn3)c2F)nc1. The average Bonchev–Trinajstić information content (AvgIpc) is 2.65. The molecule has 0 saturated heterocycles. The standard InChI is InChI=1S/C20H19FN4OS/c1-27-13-5-8-18(25-9-13)26-20-14(12-3-2-4-12)6-7-15(19(20)21)16-10-24-17(22)11-23-16/h5-12H,2-4H2,1H3,(H2,22,24). The predicted octanol–water partition coefficient (Wildman–Crippen LogP) is 5.04. The molecule has 1 aromatic carbocycles. The maximum Gasteiger partial charge on any atom is 0.219 e. The first kappa shape index (κ1) is 17.7. The summed E-state index contributed by atoms with van der Waals surface area (Å²) in [6.07, 6.45) is 9.80. The first-order valence-electron chi connectivity index (χ1n) is 8.74. The Balaban J connectivity index is 1.75. The molecule has 0 aliphatic heterocycles.